The normalized spacial score (nSPS) is 11.6. The topological polar surface area (TPSA) is 38.8 Å². The van der Waals surface area contributed by atoms with E-state index in [0.717, 1.165) is 24.0 Å². The summed E-state index contributed by atoms with van der Waals surface area (Å²) in [5.41, 5.74) is 3.32. The summed E-state index contributed by atoms with van der Waals surface area (Å²) in [5.74, 6) is 1.55. The minimum absolute atomic E-state index is 0.165. The fourth-order valence-electron chi connectivity index (χ4n) is 3.61. The molecule has 0 aromatic heterocycles. The molecule has 1 atom stereocenters. The molecule has 0 N–H and O–H groups in total. The molecule has 0 aliphatic rings. The molecule has 0 aliphatic carbocycles. The van der Waals surface area contributed by atoms with E-state index in [1.165, 1.54) is 5.56 Å². The smallest absolute Gasteiger partial charge is 0.223 e. The molecule has 1 amide bonds. The van der Waals surface area contributed by atoms with Crippen LogP contribution >= 0.6 is 0 Å². The second kappa shape index (κ2) is 11.9. The predicted octanol–water partition coefficient (Wildman–Crippen LogP) is 6.03. The molecule has 168 valence electrons. The zero-order valence-electron chi connectivity index (χ0n) is 19.3. The number of aryl methyl sites for hydroxylation is 1. The van der Waals surface area contributed by atoms with Crippen molar-refractivity contribution in [2.75, 3.05) is 7.11 Å². The number of carbonyl (C=O) groups excluding carboxylic acids is 1. The molecule has 0 bridgehead atoms. The van der Waals surface area contributed by atoms with Gasteiger partial charge in [-0.3, -0.25) is 4.79 Å². The maximum atomic E-state index is 13.1. The molecule has 3 rings (SSSR count). The molecule has 3 aromatic rings. The Labute approximate surface area is 191 Å². The third-order valence-electron chi connectivity index (χ3n) is 5.73. The highest BCUT2D eigenvalue weighted by atomic mass is 16.5. The van der Waals surface area contributed by atoms with Crippen LogP contribution in [0.2, 0.25) is 0 Å². The molecule has 1 unspecified atom stereocenters. The van der Waals surface area contributed by atoms with Crippen molar-refractivity contribution < 1.29 is 14.3 Å². The molecular weight excluding hydrogens is 398 g/mol. The molecule has 0 aliphatic heterocycles. The fraction of sp³-hybridized carbons (Fsp3) is 0.321. The first-order chi connectivity index (χ1) is 15.6. The van der Waals surface area contributed by atoms with Gasteiger partial charge in [0.1, 0.15) is 6.61 Å². The lowest BCUT2D eigenvalue weighted by Crippen LogP contribution is -2.37. The number of hydrogen-bond donors (Lipinski definition) is 0. The molecule has 0 fully saturated rings. The Bertz CT molecular complexity index is 972. The quantitative estimate of drug-likeness (QED) is 0.372. The van der Waals surface area contributed by atoms with Gasteiger partial charge in [-0.25, -0.2) is 0 Å². The molecule has 4 heteroatoms. The number of methoxy groups -OCH3 is 1. The maximum Gasteiger partial charge on any atom is 0.223 e. The van der Waals surface area contributed by atoms with E-state index >= 15 is 0 Å². The van der Waals surface area contributed by atoms with Gasteiger partial charge >= 0.3 is 0 Å². The van der Waals surface area contributed by atoms with Gasteiger partial charge in [-0.2, -0.15) is 0 Å². The number of nitrogens with zero attached hydrogens (tertiary/aromatic N) is 1. The lowest BCUT2D eigenvalue weighted by molar-refractivity contribution is -0.134. The lowest BCUT2D eigenvalue weighted by atomic mass is 10.1. The van der Waals surface area contributed by atoms with E-state index in [4.69, 9.17) is 9.47 Å². The van der Waals surface area contributed by atoms with Crippen LogP contribution in [-0.4, -0.2) is 24.0 Å². The number of rotatable bonds is 11. The molecule has 4 nitrogen and oxygen atoms in total. The highest BCUT2D eigenvalue weighted by molar-refractivity contribution is 5.76. The Morgan fingerprint density at radius 1 is 0.875 bits per heavy atom. The second-order valence-electron chi connectivity index (χ2n) is 8.02. The Morgan fingerprint density at radius 3 is 2.16 bits per heavy atom. The van der Waals surface area contributed by atoms with Crippen molar-refractivity contribution in [2.45, 2.75) is 52.3 Å². The predicted molar refractivity (Wildman–Crippen MR) is 129 cm³/mol. The van der Waals surface area contributed by atoms with Crippen LogP contribution in [-0.2, 0) is 24.4 Å². The van der Waals surface area contributed by atoms with Crippen LogP contribution < -0.4 is 9.47 Å². The van der Waals surface area contributed by atoms with Crippen molar-refractivity contribution in [3.8, 4) is 11.5 Å². The second-order valence-corrected chi connectivity index (χ2v) is 8.02. The maximum absolute atomic E-state index is 13.1. The van der Waals surface area contributed by atoms with E-state index in [-0.39, 0.29) is 11.9 Å². The van der Waals surface area contributed by atoms with Crippen molar-refractivity contribution in [1.29, 1.82) is 0 Å². The van der Waals surface area contributed by atoms with Crippen molar-refractivity contribution >= 4 is 5.91 Å². The average molecular weight is 432 g/mol. The van der Waals surface area contributed by atoms with E-state index < -0.39 is 0 Å². The zero-order chi connectivity index (χ0) is 22.8. The van der Waals surface area contributed by atoms with Crippen LogP contribution in [0.1, 0.15) is 43.4 Å². The monoisotopic (exact) mass is 431 g/mol. The molecular formula is C28H33NO3. The molecule has 0 saturated heterocycles. The molecule has 0 spiro atoms. The summed E-state index contributed by atoms with van der Waals surface area (Å²) in [6.07, 6.45) is 2.17. The van der Waals surface area contributed by atoms with Gasteiger partial charge in [0.05, 0.1) is 7.11 Å². The van der Waals surface area contributed by atoms with Crippen molar-refractivity contribution in [3.63, 3.8) is 0 Å². The van der Waals surface area contributed by atoms with E-state index in [1.807, 2.05) is 71.6 Å². The standard InChI is InChI=1S/C28H33NO3/c1-4-22(2)29(28(30)18-16-23-11-7-5-8-12-23)20-25-15-17-26(27(19-25)31-3)32-21-24-13-9-6-10-14-24/h5-15,17,19,22H,4,16,18,20-21H2,1-3H3. The van der Waals surface area contributed by atoms with Crippen LogP contribution in [0.3, 0.4) is 0 Å². The van der Waals surface area contributed by atoms with Gasteiger partial charge in [0, 0.05) is 19.0 Å². The highest BCUT2D eigenvalue weighted by Crippen LogP contribution is 2.30. The number of ether oxygens (including phenoxy) is 2. The van der Waals surface area contributed by atoms with E-state index in [9.17, 15) is 4.79 Å². The van der Waals surface area contributed by atoms with Gasteiger partial charge in [-0.1, -0.05) is 73.7 Å². The third kappa shape index (κ3) is 6.61. The van der Waals surface area contributed by atoms with Crippen LogP contribution in [0.25, 0.3) is 0 Å². The summed E-state index contributed by atoms with van der Waals surface area (Å²) in [6, 6.07) is 26.3. The molecule has 0 radical (unpaired) electrons. The van der Waals surface area contributed by atoms with Gasteiger partial charge in [0.2, 0.25) is 5.91 Å². The van der Waals surface area contributed by atoms with Gasteiger partial charge in [0.25, 0.3) is 0 Å². The van der Waals surface area contributed by atoms with Gasteiger partial charge in [-0.05, 0) is 48.6 Å². The van der Waals surface area contributed by atoms with Crippen LogP contribution in [0, 0.1) is 0 Å². The number of hydrogen-bond acceptors (Lipinski definition) is 3. The van der Waals surface area contributed by atoms with E-state index in [0.29, 0.717) is 31.1 Å². The average Bonchev–Trinajstić information content (AvgIpc) is 2.85. The van der Waals surface area contributed by atoms with Crippen molar-refractivity contribution in [1.82, 2.24) is 4.90 Å². The Balaban J connectivity index is 1.67. The van der Waals surface area contributed by atoms with Crippen LogP contribution in [0.5, 0.6) is 11.5 Å². The number of amides is 1. The number of benzene rings is 3. The largest absolute Gasteiger partial charge is 0.493 e. The Hall–Kier alpha value is -3.27. The number of carbonyl (C=O) groups is 1. The summed E-state index contributed by atoms with van der Waals surface area (Å²) in [6.45, 7) is 5.25. The first kappa shape index (κ1) is 23.4. The first-order valence-electron chi connectivity index (χ1n) is 11.3. The summed E-state index contributed by atoms with van der Waals surface area (Å²) in [5, 5.41) is 0. The van der Waals surface area contributed by atoms with E-state index in [1.54, 1.807) is 7.11 Å². The Morgan fingerprint density at radius 2 is 1.53 bits per heavy atom. The first-order valence-corrected chi connectivity index (χ1v) is 11.3. The van der Waals surface area contributed by atoms with Gasteiger partial charge in [-0.15, -0.1) is 0 Å². The van der Waals surface area contributed by atoms with Crippen LogP contribution in [0.4, 0.5) is 0 Å². The van der Waals surface area contributed by atoms with Crippen molar-refractivity contribution in [3.05, 3.63) is 95.6 Å². The van der Waals surface area contributed by atoms with Crippen molar-refractivity contribution in [2.24, 2.45) is 0 Å². The SMILES string of the molecule is CCC(C)N(Cc1ccc(OCc2ccccc2)c(OC)c1)C(=O)CCc1ccccc1. The highest BCUT2D eigenvalue weighted by Gasteiger charge is 2.20. The molecule has 0 heterocycles. The molecule has 0 saturated carbocycles. The van der Waals surface area contributed by atoms with Crippen LogP contribution in [0.15, 0.2) is 78.9 Å². The van der Waals surface area contributed by atoms with Gasteiger partial charge in [0.15, 0.2) is 11.5 Å². The third-order valence-corrected chi connectivity index (χ3v) is 5.73. The minimum Gasteiger partial charge on any atom is -0.493 e. The summed E-state index contributed by atoms with van der Waals surface area (Å²) in [7, 11) is 1.64. The summed E-state index contributed by atoms with van der Waals surface area (Å²) >= 11 is 0. The lowest BCUT2D eigenvalue weighted by Gasteiger charge is -2.29. The molecule has 32 heavy (non-hydrogen) atoms. The zero-order valence-corrected chi connectivity index (χ0v) is 19.3. The van der Waals surface area contributed by atoms with E-state index in [2.05, 4.69) is 26.0 Å². The Kier molecular flexibility index (Phi) is 8.73. The summed E-state index contributed by atoms with van der Waals surface area (Å²) in [4.78, 5) is 15.0. The van der Waals surface area contributed by atoms with Gasteiger partial charge < -0.3 is 14.4 Å². The molecule has 3 aromatic carbocycles. The minimum atomic E-state index is 0.165. The fourth-order valence-corrected chi connectivity index (χ4v) is 3.61. The summed E-state index contributed by atoms with van der Waals surface area (Å²) < 4.78 is 11.6.